The van der Waals surface area contributed by atoms with E-state index in [1.807, 2.05) is 80.6 Å². The quantitative estimate of drug-likeness (QED) is 0.562. The zero-order chi connectivity index (χ0) is 20.1. The van der Waals surface area contributed by atoms with E-state index >= 15 is 0 Å². The fourth-order valence-electron chi connectivity index (χ4n) is 4.58. The van der Waals surface area contributed by atoms with Crippen molar-refractivity contribution in [2.75, 3.05) is 0 Å². The van der Waals surface area contributed by atoms with Gasteiger partial charge < -0.3 is 0 Å². The van der Waals surface area contributed by atoms with Gasteiger partial charge in [-0.1, -0.05) is 62.4 Å². The van der Waals surface area contributed by atoms with Crippen molar-refractivity contribution in [1.82, 2.24) is 9.55 Å². The molecule has 2 atom stereocenters. The molecule has 6 rings (SSSR count). The van der Waals surface area contributed by atoms with Crippen LogP contribution in [0.2, 0.25) is 0 Å². The van der Waals surface area contributed by atoms with E-state index < -0.39 is 0 Å². The Hall–Kier alpha value is -3.53. The minimum Gasteiger partial charge on any atom is -0.293 e. The lowest BCUT2D eigenvalue weighted by Crippen LogP contribution is -2.38. The number of nitrogens with zero attached hydrogens (tertiary/aromatic N) is 2. The summed E-state index contributed by atoms with van der Waals surface area (Å²) in [7, 11) is 0. The van der Waals surface area contributed by atoms with Crippen molar-refractivity contribution in [2.45, 2.75) is 13.8 Å². The lowest BCUT2D eigenvalue weighted by molar-refractivity contribution is 0.0928. The van der Waals surface area contributed by atoms with E-state index in [1.165, 1.54) is 0 Å². The molecule has 3 aliphatic rings. The SMILES string of the molecule is CC.O=C1c2ccccc2C2=Cc3nc4ccccc4c(=O)n3C3=CC=CC1C23. The summed E-state index contributed by atoms with van der Waals surface area (Å²) >= 11 is 0. The summed E-state index contributed by atoms with van der Waals surface area (Å²) in [4.78, 5) is 31.0. The zero-order valence-electron chi connectivity index (χ0n) is 16.3. The number of benzene rings is 2. The maximum atomic E-state index is 13.2. The van der Waals surface area contributed by atoms with Gasteiger partial charge in [-0.15, -0.1) is 0 Å². The highest BCUT2D eigenvalue weighted by molar-refractivity contribution is 6.12. The van der Waals surface area contributed by atoms with Crippen LogP contribution in [-0.4, -0.2) is 15.3 Å². The molecule has 4 nitrogen and oxygen atoms in total. The molecule has 29 heavy (non-hydrogen) atoms. The van der Waals surface area contributed by atoms with E-state index in [1.54, 1.807) is 10.6 Å². The van der Waals surface area contributed by atoms with Crippen LogP contribution < -0.4 is 5.56 Å². The molecule has 0 N–H and O–H groups in total. The number of rotatable bonds is 0. The van der Waals surface area contributed by atoms with E-state index in [2.05, 4.69) is 0 Å². The number of carbonyl (C=O) groups excluding carboxylic acids is 1. The van der Waals surface area contributed by atoms with Crippen LogP contribution in [0.5, 0.6) is 0 Å². The van der Waals surface area contributed by atoms with Crippen LogP contribution in [0.15, 0.2) is 71.6 Å². The second-order valence-electron chi connectivity index (χ2n) is 7.12. The van der Waals surface area contributed by atoms with Gasteiger partial charge in [-0.25, -0.2) is 4.98 Å². The third-order valence-electron chi connectivity index (χ3n) is 5.75. The fourth-order valence-corrected chi connectivity index (χ4v) is 4.58. The first-order chi connectivity index (χ1) is 14.2. The van der Waals surface area contributed by atoms with Gasteiger partial charge in [0.05, 0.1) is 16.8 Å². The highest BCUT2D eigenvalue weighted by Gasteiger charge is 2.43. The van der Waals surface area contributed by atoms with Gasteiger partial charge in [0.25, 0.3) is 5.56 Å². The Morgan fingerprint density at radius 3 is 2.48 bits per heavy atom. The summed E-state index contributed by atoms with van der Waals surface area (Å²) in [6, 6.07) is 15.1. The van der Waals surface area contributed by atoms with Crippen molar-refractivity contribution in [3.8, 4) is 0 Å². The molecule has 0 bridgehead atoms. The molecule has 2 unspecified atom stereocenters. The molecule has 1 aliphatic heterocycles. The van der Waals surface area contributed by atoms with Crippen LogP contribution in [0.1, 0.15) is 35.6 Å². The summed E-state index contributed by atoms with van der Waals surface area (Å²) in [6.07, 6.45) is 7.76. The minimum atomic E-state index is -0.280. The molecular formula is C25H20N2O2. The third-order valence-corrected chi connectivity index (χ3v) is 5.75. The van der Waals surface area contributed by atoms with E-state index in [9.17, 15) is 9.59 Å². The van der Waals surface area contributed by atoms with Gasteiger partial charge in [-0.3, -0.25) is 14.2 Å². The van der Waals surface area contributed by atoms with Gasteiger partial charge in [0.15, 0.2) is 5.78 Å². The normalized spacial score (nSPS) is 20.6. The van der Waals surface area contributed by atoms with Crippen LogP contribution in [0.25, 0.3) is 28.2 Å². The Balaban J connectivity index is 0.000000882. The van der Waals surface area contributed by atoms with Crippen LogP contribution in [-0.2, 0) is 0 Å². The number of hydrogen-bond donors (Lipinski definition) is 0. The molecule has 0 saturated carbocycles. The highest BCUT2D eigenvalue weighted by Crippen LogP contribution is 2.49. The van der Waals surface area contributed by atoms with Crippen LogP contribution in [0.3, 0.4) is 0 Å². The number of carbonyl (C=O) groups is 1. The average molecular weight is 380 g/mol. The molecule has 0 spiro atoms. The minimum absolute atomic E-state index is 0.0856. The van der Waals surface area contributed by atoms with Gasteiger partial charge >= 0.3 is 0 Å². The number of Topliss-reactive ketones (excluding diaryl/α,β-unsaturated/α-hetero) is 1. The Kier molecular flexibility index (Phi) is 3.95. The van der Waals surface area contributed by atoms with E-state index in [0.717, 1.165) is 22.4 Å². The average Bonchev–Trinajstić information content (AvgIpc) is 2.78. The number of fused-ring (bicyclic) bond motifs is 5. The predicted molar refractivity (Wildman–Crippen MR) is 116 cm³/mol. The summed E-state index contributed by atoms with van der Waals surface area (Å²) in [5.74, 6) is 0.303. The molecule has 0 fully saturated rings. The Labute approximate surface area is 168 Å². The van der Waals surface area contributed by atoms with E-state index in [-0.39, 0.29) is 23.2 Å². The largest absolute Gasteiger partial charge is 0.293 e. The molecule has 2 heterocycles. The predicted octanol–water partition coefficient (Wildman–Crippen LogP) is 4.82. The van der Waals surface area contributed by atoms with Crippen LogP contribution in [0.4, 0.5) is 0 Å². The topological polar surface area (TPSA) is 52.0 Å². The lowest BCUT2D eigenvalue weighted by Gasteiger charge is -2.39. The van der Waals surface area contributed by atoms with Gasteiger partial charge in [0.1, 0.15) is 5.82 Å². The van der Waals surface area contributed by atoms with Crippen molar-refractivity contribution < 1.29 is 4.79 Å². The molecule has 142 valence electrons. The van der Waals surface area contributed by atoms with E-state index in [0.29, 0.717) is 16.7 Å². The second kappa shape index (κ2) is 6.52. The number of aromatic nitrogens is 2. The first-order valence-corrected chi connectivity index (χ1v) is 10.00. The van der Waals surface area contributed by atoms with Gasteiger partial charge in [0.2, 0.25) is 0 Å². The maximum absolute atomic E-state index is 13.2. The lowest BCUT2D eigenvalue weighted by atomic mass is 9.67. The van der Waals surface area contributed by atoms with Crippen molar-refractivity contribution in [3.05, 3.63) is 94.1 Å². The van der Waals surface area contributed by atoms with E-state index in [4.69, 9.17) is 4.98 Å². The standard InChI is InChI=1S/C23H14N2O2.C2H6/c26-22-14-7-2-1-6-13(14)17-12-20-24-18-10-4-3-8-15(18)23(27)25(20)19-11-5-9-16(22)21(17)19;1-2/h1-12,16,21H;1-2H3. The molecule has 2 aliphatic carbocycles. The van der Waals surface area contributed by atoms with Crippen LogP contribution in [0, 0.1) is 11.8 Å². The van der Waals surface area contributed by atoms with Gasteiger partial charge in [0, 0.05) is 17.2 Å². The fraction of sp³-hybridized carbons (Fsp3) is 0.160. The van der Waals surface area contributed by atoms with Crippen molar-refractivity contribution >= 4 is 34.0 Å². The summed E-state index contributed by atoms with van der Waals surface area (Å²) < 4.78 is 1.67. The number of hydrogen-bond acceptors (Lipinski definition) is 3. The molecule has 2 aromatic carbocycles. The summed E-state index contributed by atoms with van der Waals surface area (Å²) in [6.45, 7) is 4.00. The maximum Gasteiger partial charge on any atom is 0.265 e. The molecule has 0 saturated heterocycles. The van der Waals surface area contributed by atoms with Gasteiger partial charge in [-0.2, -0.15) is 0 Å². The van der Waals surface area contributed by atoms with Crippen molar-refractivity contribution in [3.63, 3.8) is 0 Å². The number of allylic oxidation sites excluding steroid dienone is 5. The van der Waals surface area contributed by atoms with Crippen molar-refractivity contribution in [1.29, 1.82) is 0 Å². The number of para-hydroxylation sites is 1. The molecule has 3 aromatic rings. The monoisotopic (exact) mass is 380 g/mol. The second-order valence-corrected chi connectivity index (χ2v) is 7.12. The Bertz CT molecular complexity index is 1320. The van der Waals surface area contributed by atoms with Crippen LogP contribution >= 0.6 is 0 Å². The zero-order valence-corrected chi connectivity index (χ0v) is 16.3. The smallest absolute Gasteiger partial charge is 0.265 e. The molecule has 4 heteroatoms. The first kappa shape index (κ1) is 17.6. The molecule has 0 radical (unpaired) electrons. The van der Waals surface area contributed by atoms with Gasteiger partial charge in [-0.05, 0) is 35.4 Å². The summed E-state index contributed by atoms with van der Waals surface area (Å²) in [5, 5.41) is 0.590. The molecule has 0 amide bonds. The highest BCUT2D eigenvalue weighted by atomic mass is 16.1. The Morgan fingerprint density at radius 1 is 0.931 bits per heavy atom. The number of ketones is 1. The first-order valence-electron chi connectivity index (χ1n) is 10.00. The third kappa shape index (κ3) is 2.35. The van der Waals surface area contributed by atoms with Crippen molar-refractivity contribution in [2.24, 2.45) is 11.8 Å². The molecule has 1 aromatic heterocycles. The molecular weight excluding hydrogens is 360 g/mol. The Morgan fingerprint density at radius 2 is 1.66 bits per heavy atom. The summed E-state index contributed by atoms with van der Waals surface area (Å²) in [5.41, 5.74) is 4.19.